The monoisotopic (exact) mass is 453 g/mol. The van der Waals surface area contributed by atoms with Crippen LogP contribution in [0.2, 0.25) is 5.02 Å². The molecular weight excluding hydrogens is 429 g/mol. The SMILES string of the molecule is CCCCC(CN)NC(=O)Cc1csc(COc2ccc(Cl)cc2)n1.Cl.Cl. The van der Waals surface area contributed by atoms with Crippen LogP contribution in [-0.2, 0) is 17.8 Å². The first kappa shape index (κ1) is 26.0. The highest BCUT2D eigenvalue weighted by Gasteiger charge is 2.12. The molecule has 2 rings (SSSR count). The molecule has 2 aromatic rings. The van der Waals surface area contributed by atoms with E-state index in [1.165, 1.54) is 11.3 Å². The van der Waals surface area contributed by atoms with Gasteiger partial charge < -0.3 is 15.8 Å². The first-order chi connectivity index (χ1) is 12.1. The molecule has 1 heterocycles. The second-order valence-corrected chi connectivity index (χ2v) is 7.17. The Morgan fingerprint density at radius 1 is 1.33 bits per heavy atom. The van der Waals surface area contributed by atoms with Gasteiger partial charge in [-0.3, -0.25) is 4.79 Å². The summed E-state index contributed by atoms with van der Waals surface area (Å²) in [6, 6.07) is 7.22. The fourth-order valence-corrected chi connectivity index (χ4v) is 3.15. The number of halogens is 3. The third-order valence-electron chi connectivity index (χ3n) is 3.67. The van der Waals surface area contributed by atoms with E-state index in [4.69, 9.17) is 22.1 Å². The van der Waals surface area contributed by atoms with Gasteiger partial charge in [0.15, 0.2) is 0 Å². The topological polar surface area (TPSA) is 77.2 Å². The Hall–Kier alpha value is -1.05. The average molecular weight is 455 g/mol. The van der Waals surface area contributed by atoms with E-state index in [1.807, 2.05) is 17.5 Å². The van der Waals surface area contributed by atoms with E-state index in [1.54, 1.807) is 12.1 Å². The van der Waals surface area contributed by atoms with Gasteiger partial charge in [-0.05, 0) is 30.7 Å². The number of ether oxygens (including phenoxy) is 1. The van der Waals surface area contributed by atoms with Crippen LogP contribution in [0.1, 0.15) is 36.9 Å². The van der Waals surface area contributed by atoms with E-state index in [0.29, 0.717) is 18.2 Å². The summed E-state index contributed by atoms with van der Waals surface area (Å²) in [6.07, 6.45) is 3.33. The maximum absolute atomic E-state index is 12.1. The van der Waals surface area contributed by atoms with Crippen molar-refractivity contribution in [2.45, 2.75) is 45.3 Å². The Labute approximate surface area is 181 Å². The lowest BCUT2D eigenvalue weighted by molar-refractivity contribution is -0.121. The highest BCUT2D eigenvalue weighted by molar-refractivity contribution is 7.09. The van der Waals surface area contributed by atoms with Crippen LogP contribution in [-0.4, -0.2) is 23.5 Å². The minimum Gasteiger partial charge on any atom is -0.486 e. The molecule has 1 unspecified atom stereocenters. The second-order valence-electron chi connectivity index (χ2n) is 5.79. The Balaban J connectivity index is 0.00000338. The molecule has 9 heteroatoms. The summed E-state index contributed by atoms with van der Waals surface area (Å²) in [4.78, 5) is 16.6. The molecule has 0 saturated heterocycles. The van der Waals surface area contributed by atoms with Gasteiger partial charge in [-0.25, -0.2) is 4.98 Å². The fraction of sp³-hybridized carbons (Fsp3) is 0.444. The maximum Gasteiger partial charge on any atom is 0.226 e. The quantitative estimate of drug-likeness (QED) is 0.558. The Bertz CT molecular complexity index is 668. The molecule has 0 saturated carbocycles. The third-order valence-corrected chi connectivity index (χ3v) is 4.80. The summed E-state index contributed by atoms with van der Waals surface area (Å²) < 4.78 is 5.66. The van der Waals surface area contributed by atoms with Crippen molar-refractivity contribution in [2.75, 3.05) is 6.54 Å². The Morgan fingerprint density at radius 3 is 2.67 bits per heavy atom. The Morgan fingerprint density at radius 2 is 2.04 bits per heavy atom. The van der Waals surface area contributed by atoms with Crippen molar-refractivity contribution in [1.29, 1.82) is 0 Å². The molecule has 5 nitrogen and oxygen atoms in total. The van der Waals surface area contributed by atoms with E-state index in [0.717, 1.165) is 35.7 Å². The molecule has 1 aromatic carbocycles. The minimum atomic E-state index is -0.0398. The first-order valence-corrected chi connectivity index (χ1v) is 9.67. The van der Waals surface area contributed by atoms with Crippen molar-refractivity contribution in [3.8, 4) is 5.75 Å². The van der Waals surface area contributed by atoms with Crippen molar-refractivity contribution < 1.29 is 9.53 Å². The molecule has 152 valence electrons. The van der Waals surface area contributed by atoms with Gasteiger partial charge in [0.25, 0.3) is 0 Å². The van der Waals surface area contributed by atoms with Crippen LogP contribution in [0.3, 0.4) is 0 Å². The minimum absolute atomic E-state index is 0. The molecule has 27 heavy (non-hydrogen) atoms. The summed E-state index contributed by atoms with van der Waals surface area (Å²) >= 11 is 7.33. The molecule has 1 amide bonds. The number of nitrogens with two attached hydrogens (primary N) is 1. The van der Waals surface area contributed by atoms with Crippen LogP contribution in [0.15, 0.2) is 29.6 Å². The highest BCUT2D eigenvalue weighted by atomic mass is 35.5. The summed E-state index contributed by atoms with van der Waals surface area (Å²) in [5.41, 5.74) is 6.46. The number of nitrogens with zero attached hydrogens (tertiary/aromatic N) is 1. The van der Waals surface area contributed by atoms with Gasteiger partial charge >= 0.3 is 0 Å². The van der Waals surface area contributed by atoms with E-state index in [9.17, 15) is 4.79 Å². The van der Waals surface area contributed by atoms with Crippen molar-refractivity contribution >= 4 is 53.7 Å². The van der Waals surface area contributed by atoms with Crippen LogP contribution in [0, 0.1) is 0 Å². The summed E-state index contributed by atoms with van der Waals surface area (Å²) in [5, 5.41) is 6.38. The van der Waals surface area contributed by atoms with E-state index in [2.05, 4.69) is 17.2 Å². The number of thiazole rings is 1. The molecule has 3 N–H and O–H groups in total. The van der Waals surface area contributed by atoms with Gasteiger partial charge in [-0.1, -0.05) is 31.4 Å². The zero-order chi connectivity index (χ0) is 18.1. The normalized spacial score (nSPS) is 11.1. The zero-order valence-electron chi connectivity index (χ0n) is 15.2. The predicted molar refractivity (Wildman–Crippen MR) is 117 cm³/mol. The van der Waals surface area contributed by atoms with Gasteiger partial charge in [0.05, 0.1) is 12.1 Å². The molecule has 0 aliphatic rings. The van der Waals surface area contributed by atoms with Crippen LogP contribution in [0.25, 0.3) is 0 Å². The number of aromatic nitrogens is 1. The van der Waals surface area contributed by atoms with Crippen LogP contribution in [0.4, 0.5) is 0 Å². The molecule has 0 radical (unpaired) electrons. The molecular formula is C18H26Cl3N3O2S. The maximum atomic E-state index is 12.1. The third kappa shape index (κ3) is 9.63. The number of nitrogens with one attached hydrogen (secondary N) is 1. The number of hydrogen-bond donors (Lipinski definition) is 2. The van der Waals surface area contributed by atoms with Crippen LogP contribution < -0.4 is 15.8 Å². The van der Waals surface area contributed by atoms with Crippen molar-refractivity contribution in [1.82, 2.24) is 10.3 Å². The number of hydrogen-bond acceptors (Lipinski definition) is 5. The number of unbranched alkanes of at least 4 members (excludes halogenated alkanes) is 1. The molecule has 0 spiro atoms. The molecule has 0 bridgehead atoms. The van der Waals surface area contributed by atoms with E-state index in [-0.39, 0.29) is 43.2 Å². The number of carbonyl (C=O) groups excluding carboxylic acids is 1. The molecule has 0 aliphatic heterocycles. The van der Waals surface area contributed by atoms with Gasteiger partial charge in [0.2, 0.25) is 5.91 Å². The molecule has 1 aromatic heterocycles. The molecule has 0 fully saturated rings. The van der Waals surface area contributed by atoms with E-state index < -0.39 is 0 Å². The first-order valence-electron chi connectivity index (χ1n) is 8.41. The van der Waals surface area contributed by atoms with Gasteiger partial charge in [-0.2, -0.15) is 0 Å². The van der Waals surface area contributed by atoms with Crippen molar-refractivity contribution in [3.63, 3.8) is 0 Å². The standard InChI is InChI=1S/C18H24ClN3O2S.2ClH/c1-2-3-4-14(10-20)21-17(23)9-15-12-25-18(22-15)11-24-16-7-5-13(19)6-8-16;;/h5-8,12,14H,2-4,9-11,20H2,1H3,(H,21,23);2*1H. The Kier molecular flexibility index (Phi) is 13.5. The summed E-state index contributed by atoms with van der Waals surface area (Å²) in [6.45, 7) is 2.96. The second kappa shape index (κ2) is 14.0. The van der Waals surface area contributed by atoms with Crippen molar-refractivity contribution in [2.24, 2.45) is 5.73 Å². The summed E-state index contributed by atoms with van der Waals surface area (Å²) in [5.74, 6) is 0.697. The molecule has 1 atom stereocenters. The van der Waals surface area contributed by atoms with Crippen molar-refractivity contribution in [3.05, 3.63) is 45.4 Å². The zero-order valence-corrected chi connectivity index (χ0v) is 18.4. The lowest BCUT2D eigenvalue weighted by Crippen LogP contribution is -2.40. The predicted octanol–water partition coefficient (Wildman–Crippen LogP) is 4.40. The molecule has 0 aliphatic carbocycles. The van der Waals surface area contributed by atoms with Crippen LogP contribution >= 0.6 is 47.8 Å². The van der Waals surface area contributed by atoms with Gasteiger partial charge in [0, 0.05) is 23.0 Å². The number of rotatable bonds is 10. The largest absolute Gasteiger partial charge is 0.486 e. The smallest absolute Gasteiger partial charge is 0.226 e. The van der Waals surface area contributed by atoms with E-state index >= 15 is 0 Å². The lowest BCUT2D eigenvalue weighted by atomic mass is 10.1. The van der Waals surface area contributed by atoms with Crippen LogP contribution in [0.5, 0.6) is 5.75 Å². The highest BCUT2D eigenvalue weighted by Crippen LogP contribution is 2.18. The number of carbonyl (C=O) groups is 1. The lowest BCUT2D eigenvalue weighted by Gasteiger charge is -2.15. The van der Waals surface area contributed by atoms with Gasteiger partial charge in [0.1, 0.15) is 17.4 Å². The summed E-state index contributed by atoms with van der Waals surface area (Å²) in [7, 11) is 0. The van der Waals surface area contributed by atoms with Gasteiger partial charge in [-0.15, -0.1) is 36.2 Å². The number of amides is 1. The average Bonchev–Trinajstić information content (AvgIpc) is 3.05. The number of benzene rings is 1. The fourth-order valence-electron chi connectivity index (χ4n) is 2.31.